The maximum Gasteiger partial charge on any atom is 0.336 e. The molecule has 1 amide bonds. The highest BCUT2D eigenvalue weighted by Gasteiger charge is 2.15. The van der Waals surface area contributed by atoms with Gasteiger partial charge in [0, 0.05) is 29.4 Å². The molecule has 1 N–H and O–H groups in total. The van der Waals surface area contributed by atoms with Crippen LogP contribution in [-0.2, 0) is 6.54 Å². The summed E-state index contributed by atoms with van der Waals surface area (Å²) in [5.41, 5.74) is 3.33. The predicted molar refractivity (Wildman–Crippen MR) is 98.6 cm³/mol. The lowest BCUT2D eigenvalue weighted by Gasteiger charge is -2.06. The molecule has 0 radical (unpaired) electrons. The Hall–Kier alpha value is -3.55. The Morgan fingerprint density at radius 1 is 1.15 bits per heavy atom. The molecular weight excluding hydrogens is 346 g/mol. The van der Waals surface area contributed by atoms with E-state index in [9.17, 15) is 9.59 Å². The van der Waals surface area contributed by atoms with Gasteiger partial charge in [-0.3, -0.25) is 4.79 Å². The number of aryl methyl sites for hydroxylation is 3. The van der Waals surface area contributed by atoms with E-state index in [2.05, 4.69) is 20.4 Å². The smallest absolute Gasteiger partial charge is 0.336 e. The van der Waals surface area contributed by atoms with Crippen LogP contribution in [0.3, 0.4) is 0 Å². The predicted octanol–water partition coefficient (Wildman–Crippen LogP) is 2.09. The summed E-state index contributed by atoms with van der Waals surface area (Å²) < 4.78 is 6.76. The fraction of sp³-hybridized carbons (Fsp3) is 0.211. The van der Waals surface area contributed by atoms with E-state index in [-0.39, 0.29) is 12.4 Å². The van der Waals surface area contributed by atoms with E-state index in [1.807, 2.05) is 39.0 Å². The Morgan fingerprint density at radius 3 is 2.78 bits per heavy atom. The van der Waals surface area contributed by atoms with Crippen LogP contribution in [0.4, 0.5) is 0 Å². The van der Waals surface area contributed by atoms with Crippen LogP contribution in [0, 0.1) is 20.8 Å². The molecule has 3 heterocycles. The van der Waals surface area contributed by atoms with Gasteiger partial charge in [-0.25, -0.2) is 14.3 Å². The monoisotopic (exact) mass is 363 g/mol. The summed E-state index contributed by atoms with van der Waals surface area (Å²) in [6.45, 7) is 5.80. The van der Waals surface area contributed by atoms with Crippen molar-refractivity contribution in [2.45, 2.75) is 27.3 Å². The number of aromatic nitrogens is 4. The summed E-state index contributed by atoms with van der Waals surface area (Å²) in [5, 5.41) is 7.74. The molecule has 4 aromatic rings. The van der Waals surface area contributed by atoms with Crippen molar-refractivity contribution in [1.82, 2.24) is 24.9 Å². The fourth-order valence-electron chi connectivity index (χ4n) is 3.00. The summed E-state index contributed by atoms with van der Waals surface area (Å²) in [5.74, 6) is -0.0377. The normalized spacial score (nSPS) is 11.2. The van der Waals surface area contributed by atoms with Crippen molar-refractivity contribution < 1.29 is 9.21 Å². The van der Waals surface area contributed by atoms with Gasteiger partial charge >= 0.3 is 5.63 Å². The Kier molecular flexibility index (Phi) is 3.95. The Balaban J connectivity index is 1.62. The van der Waals surface area contributed by atoms with Gasteiger partial charge < -0.3 is 9.73 Å². The van der Waals surface area contributed by atoms with Gasteiger partial charge in [-0.15, -0.1) is 5.10 Å². The zero-order valence-corrected chi connectivity index (χ0v) is 15.1. The lowest BCUT2D eigenvalue weighted by Crippen LogP contribution is -2.24. The first kappa shape index (κ1) is 16.9. The molecule has 0 atom stereocenters. The van der Waals surface area contributed by atoms with Crippen LogP contribution in [0.5, 0.6) is 0 Å². The minimum atomic E-state index is -0.460. The van der Waals surface area contributed by atoms with Gasteiger partial charge in [0.2, 0.25) is 5.82 Å². The molecule has 8 heteroatoms. The quantitative estimate of drug-likeness (QED) is 0.559. The second-order valence-electron chi connectivity index (χ2n) is 6.46. The SMILES string of the molecule is Cc1ccc2c(CNC(=O)c3nc4nc(C)cc(C)n4n3)cc(=O)oc2c1. The Morgan fingerprint density at radius 2 is 1.96 bits per heavy atom. The zero-order chi connectivity index (χ0) is 19.1. The minimum Gasteiger partial charge on any atom is -0.423 e. The third kappa shape index (κ3) is 3.17. The molecule has 0 spiro atoms. The minimum absolute atomic E-state index is 0.0271. The first-order chi connectivity index (χ1) is 12.9. The number of carbonyl (C=O) groups excluding carboxylic acids is 1. The van der Waals surface area contributed by atoms with Gasteiger partial charge in [0.05, 0.1) is 0 Å². The number of nitrogens with one attached hydrogen (secondary N) is 1. The van der Waals surface area contributed by atoms with Crippen LogP contribution in [0.2, 0.25) is 0 Å². The van der Waals surface area contributed by atoms with Crippen molar-refractivity contribution in [2.24, 2.45) is 0 Å². The van der Waals surface area contributed by atoms with Gasteiger partial charge in [0.15, 0.2) is 0 Å². The number of benzene rings is 1. The number of rotatable bonds is 3. The molecule has 8 nitrogen and oxygen atoms in total. The summed E-state index contributed by atoms with van der Waals surface area (Å²) in [6.07, 6.45) is 0. The van der Waals surface area contributed by atoms with E-state index in [4.69, 9.17) is 4.42 Å². The number of carbonyl (C=O) groups is 1. The number of fused-ring (bicyclic) bond motifs is 2. The summed E-state index contributed by atoms with van der Waals surface area (Å²) >= 11 is 0. The third-order valence-electron chi connectivity index (χ3n) is 4.25. The maximum absolute atomic E-state index is 12.5. The van der Waals surface area contributed by atoms with Crippen molar-refractivity contribution >= 4 is 22.7 Å². The largest absolute Gasteiger partial charge is 0.423 e. The first-order valence-corrected chi connectivity index (χ1v) is 8.43. The van der Waals surface area contributed by atoms with Crippen LogP contribution >= 0.6 is 0 Å². The molecule has 136 valence electrons. The molecule has 1 aromatic carbocycles. The van der Waals surface area contributed by atoms with E-state index in [0.717, 1.165) is 22.3 Å². The van der Waals surface area contributed by atoms with E-state index < -0.39 is 11.5 Å². The van der Waals surface area contributed by atoms with E-state index in [0.29, 0.717) is 16.9 Å². The van der Waals surface area contributed by atoms with Crippen molar-refractivity contribution in [2.75, 3.05) is 0 Å². The lowest BCUT2D eigenvalue weighted by atomic mass is 10.1. The lowest BCUT2D eigenvalue weighted by molar-refractivity contribution is 0.0941. The second kappa shape index (κ2) is 6.31. The highest BCUT2D eigenvalue weighted by molar-refractivity contribution is 5.91. The topological polar surface area (TPSA) is 102 Å². The molecule has 0 saturated carbocycles. The summed E-state index contributed by atoms with van der Waals surface area (Å²) in [7, 11) is 0. The molecule has 4 rings (SSSR count). The van der Waals surface area contributed by atoms with E-state index >= 15 is 0 Å². The molecule has 0 saturated heterocycles. The van der Waals surface area contributed by atoms with Crippen molar-refractivity contribution in [3.63, 3.8) is 0 Å². The first-order valence-electron chi connectivity index (χ1n) is 8.43. The van der Waals surface area contributed by atoms with Crippen LogP contribution in [0.1, 0.15) is 33.1 Å². The Labute approximate surface area is 153 Å². The van der Waals surface area contributed by atoms with Crippen LogP contribution in [0.25, 0.3) is 16.7 Å². The Bertz CT molecular complexity index is 1260. The molecule has 0 aliphatic rings. The number of hydrogen-bond acceptors (Lipinski definition) is 6. The second-order valence-corrected chi connectivity index (χ2v) is 6.46. The van der Waals surface area contributed by atoms with Crippen molar-refractivity contribution in [3.05, 3.63) is 69.1 Å². The molecule has 27 heavy (non-hydrogen) atoms. The molecule has 0 unspecified atom stereocenters. The molecule has 0 fully saturated rings. The number of nitrogens with zero attached hydrogens (tertiary/aromatic N) is 4. The van der Waals surface area contributed by atoms with Gasteiger partial charge in [0.25, 0.3) is 11.7 Å². The van der Waals surface area contributed by atoms with Crippen LogP contribution in [0.15, 0.2) is 39.5 Å². The average Bonchev–Trinajstić information content (AvgIpc) is 3.03. The highest BCUT2D eigenvalue weighted by Crippen LogP contribution is 2.18. The van der Waals surface area contributed by atoms with Gasteiger partial charge in [-0.2, -0.15) is 4.98 Å². The summed E-state index contributed by atoms with van der Waals surface area (Å²) in [4.78, 5) is 32.7. The van der Waals surface area contributed by atoms with Crippen molar-refractivity contribution in [3.8, 4) is 0 Å². The molecule has 0 aliphatic carbocycles. The summed E-state index contributed by atoms with van der Waals surface area (Å²) in [6, 6.07) is 8.83. The zero-order valence-electron chi connectivity index (χ0n) is 15.1. The van der Waals surface area contributed by atoms with Crippen molar-refractivity contribution in [1.29, 1.82) is 0 Å². The molecular formula is C19H17N5O3. The van der Waals surface area contributed by atoms with Gasteiger partial charge in [-0.05, 0) is 44.0 Å². The maximum atomic E-state index is 12.5. The molecule has 0 aliphatic heterocycles. The average molecular weight is 363 g/mol. The van der Waals surface area contributed by atoms with E-state index in [1.165, 1.54) is 10.6 Å². The number of hydrogen-bond donors (Lipinski definition) is 1. The van der Waals surface area contributed by atoms with E-state index in [1.54, 1.807) is 6.07 Å². The fourth-order valence-corrected chi connectivity index (χ4v) is 3.00. The van der Waals surface area contributed by atoms with Crippen LogP contribution in [-0.4, -0.2) is 25.5 Å². The molecule has 0 bridgehead atoms. The van der Waals surface area contributed by atoms with Gasteiger partial charge in [0.1, 0.15) is 5.58 Å². The van der Waals surface area contributed by atoms with Crippen LogP contribution < -0.4 is 10.9 Å². The molecule has 3 aromatic heterocycles. The van der Waals surface area contributed by atoms with Gasteiger partial charge in [-0.1, -0.05) is 12.1 Å². The highest BCUT2D eigenvalue weighted by atomic mass is 16.4. The number of amides is 1. The third-order valence-corrected chi connectivity index (χ3v) is 4.25. The standard InChI is InChI=1S/C19H17N5O3/c1-10-4-5-14-13(8-16(25)27-15(14)6-10)9-20-18(26)17-22-19-21-11(2)7-12(3)24(19)23-17/h4-8H,9H2,1-3H3,(H,20,26).